The third kappa shape index (κ3) is 3.88. The number of hydrogen-bond acceptors (Lipinski definition) is 10. The van der Waals surface area contributed by atoms with Crippen molar-refractivity contribution in [1.82, 2.24) is 15.2 Å². The summed E-state index contributed by atoms with van der Waals surface area (Å²) in [5, 5.41) is 15.8. The molecule has 2 N–H and O–H groups in total. The van der Waals surface area contributed by atoms with Gasteiger partial charge in [-0.15, -0.1) is 0 Å². The second-order valence-corrected chi connectivity index (χ2v) is 10.7. The molecule has 2 aromatic rings. The van der Waals surface area contributed by atoms with Crippen LogP contribution in [0.4, 0.5) is 0 Å². The molecule has 5 aliphatic rings. The molecule has 0 bridgehead atoms. The summed E-state index contributed by atoms with van der Waals surface area (Å²) in [7, 11) is 0. The Hall–Kier alpha value is -3.31. The van der Waals surface area contributed by atoms with E-state index >= 15 is 0 Å². The number of carbonyl (C=O) groups is 2. The molecule has 0 amide bonds. The number of aromatic nitrogens is 1. The molecule has 0 saturated carbocycles. The third-order valence-corrected chi connectivity index (χ3v) is 8.65. The molecule has 2 atom stereocenters. The number of pyridine rings is 1. The molecular weight excluding hydrogens is 502 g/mol. The summed E-state index contributed by atoms with van der Waals surface area (Å²) in [5.41, 5.74) is 3.24. The molecule has 0 radical (unpaired) electrons. The Labute approximate surface area is 225 Å². The number of fused-ring (bicyclic) bond motifs is 5. The zero-order valence-corrected chi connectivity index (χ0v) is 21.9. The molecule has 1 unspecified atom stereocenters. The fourth-order valence-electron chi connectivity index (χ4n) is 6.38. The van der Waals surface area contributed by atoms with Crippen LogP contribution in [0.5, 0.6) is 11.5 Å². The normalized spacial score (nSPS) is 25.9. The van der Waals surface area contributed by atoms with Gasteiger partial charge in [-0.1, -0.05) is 6.92 Å². The van der Waals surface area contributed by atoms with Crippen LogP contribution in [0.2, 0.25) is 0 Å². The summed E-state index contributed by atoms with van der Waals surface area (Å²) >= 11 is 0. The first-order chi connectivity index (χ1) is 19.0. The highest BCUT2D eigenvalue weighted by Crippen LogP contribution is 2.48. The highest BCUT2D eigenvalue weighted by molar-refractivity contribution is 6.12. The molecule has 10 heteroatoms. The standard InChI is InChI=1S/C29H31N3O7/c1-2-29(35)22-10-18-19(27(33)21(22)14-37-28(29)34)9-17-20(13-30-3-4-32-5-7-36-8-6-32)16-11-24-25(39-15-38-24)12-23(16)31-26(17)18/h10-12,19,30,35H,2-9,13-15H2,1H3/t19?,29-/m0/s1. The van der Waals surface area contributed by atoms with Crippen molar-refractivity contribution in [1.29, 1.82) is 0 Å². The Morgan fingerprint density at radius 1 is 1.15 bits per heavy atom. The number of Topliss-reactive ketones (excluding diaryl/α,β-unsaturated/α-hetero) is 1. The maximum atomic E-state index is 13.7. The average Bonchev–Trinajstić information content (AvgIpc) is 3.57. The average molecular weight is 534 g/mol. The van der Waals surface area contributed by atoms with E-state index in [0.29, 0.717) is 35.6 Å². The number of benzene rings is 1. The Morgan fingerprint density at radius 3 is 2.74 bits per heavy atom. The number of nitrogens with one attached hydrogen (secondary N) is 1. The molecule has 1 aromatic heterocycles. The fraction of sp³-hybridized carbons (Fsp3) is 0.483. The SMILES string of the molecule is CC[C@@]1(O)C(=O)OCC2=C1C=C1c3nc4cc5c(cc4c(CNCCN4CCOCC4)c3CC1C2=O)OCO5. The van der Waals surface area contributed by atoms with Gasteiger partial charge in [-0.3, -0.25) is 9.69 Å². The van der Waals surface area contributed by atoms with Crippen molar-refractivity contribution in [3.8, 4) is 11.5 Å². The molecule has 4 heterocycles. The first-order valence-electron chi connectivity index (χ1n) is 13.6. The Bertz CT molecular complexity index is 1460. The lowest BCUT2D eigenvalue weighted by Gasteiger charge is -2.35. The van der Waals surface area contributed by atoms with Crippen LogP contribution < -0.4 is 14.8 Å². The van der Waals surface area contributed by atoms with Crippen LogP contribution in [-0.4, -0.2) is 85.1 Å². The highest BCUT2D eigenvalue weighted by atomic mass is 16.7. The van der Waals surface area contributed by atoms with E-state index in [1.54, 1.807) is 6.92 Å². The number of ketones is 1. The number of allylic oxidation sites excluding steroid dienone is 1. The number of nitrogens with zero attached hydrogens (tertiary/aromatic N) is 2. The van der Waals surface area contributed by atoms with Crippen molar-refractivity contribution in [3.63, 3.8) is 0 Å². The topological polar surface area (TPSA) is 119 Å². The number of hydrogen-bond donors (Lipinski definition) is 2. The third-order valence-electron chi connectivity index (χ3n) is 8.65. The Balaban J connectivity index is 1.29. The summed E-state index contributed by atoms with van der Waals surface area (Å²) in [6.07, 6.45) is 2.44. The number of rotatable bonds is 6. The largest absolute Gasteiger partial charge is 0.458 e. The minimum Gasteiger partial charge on any atom is -0.458 e. The molecule has 0 spiro atoms. The molecule has 39 heavy (non-hydrogen) atoms. The second kappa shape index (κ2) is 9.41. The smallest absolute Gasteiger partial charge is 0.343 e. The molecule has 3 aliphatic heterocycles. The summed E-state index contributed by atoms with van der Waals surface area (Å²) in [5.74, 6) is 0.0845. The van der Waals surface area contributed by atoms with Crippen molar-refractivity contribution in [2.45, 2.75) is 31.9 Å². The Kier molecular flexibility index (Phi) is 5.96. The van der Waals surface area contributed by atoms with Crippen molar-refractivity contribution in [3.05, 3.63) is 46.2 Å². The number of esters is 1. The van der Waals surface area contributed by atoms with E-state index in [9.17, 15) is 14.7 Å². The quantitative estimate of drug-likeness (QED) is 0.418. The Morgan fingerprint density at radius 2 is 1.95 bits per heavy atom. The van der Waals surface area contributed by atoms with E-state index in [1.807, 2.05) is 18.2 Å². The van der Waals surface area contributed by atoms with Crippen molar-refractivity contribution in [2.24, 2.45) is 5.92 Å². The van der Waals surface area contributed by atoms with Gasteiger partial charge in [-0.05, 0) is 41.7 Å². The predicted molar refractivity (Wildman–Crippen MR) is 140 cm³/mol. The van der Waals surface area contributed by atoms with Gasteiger partial charge in [-0.2, -0.15) is 0 Å². The van der Waals surface area contributed by atoms with E-state index < -0.39 is 17.5 Å². The van der Waals surface area contributed by atoms with Crippen molar-refractivity contribution >= 4 is 28.2 Å². The summed E-state index contributed by atoms with van der Waals surface area (Å²) in [6, 6.07) is 3.87. The van der Waals surface area contributed by atoms with Gasteiger partial charge in [0.1, 0.15) is 6.61 Å². The van der Waals surface area contributed by atoms with Crippen LogP contribution in [0.25, 0.3) is 16.5 Å². The van der Waals surface area contributed by atoms with Gasteiger partial charge in [0.15, 0.2) is 22.9 Å². The van der Waals surface area contributed by atoms with E-state index in [2.05, 4.69) is 10.2 Å². The maximum Gasteiger partial charge on any atom is 0.343 e. The number of carbonyl (C=O) groups excluding carboxylic acids is 2. The molecule has 1 fully saturated rings. The van der Waals surface area contributed by atoms with Crippen LogP contribution in [0.1, 0.15) is 30.2 Å². The lowest BCUT2D eigenvalue weighted by atomic mass is 9.75. The van der Waals surface area contributed by atoms with E-state index in [-0.39, 0.29) is 25.6 Å². The van der Waals surface area contributed by atoms with Gasteiger partial charge >= 0.3 is 5.97 Å². The number of ether oxygens (including phenoxy) is 4. The first-order valence-corrected chi connectivity index (χ1v) is 13.6. The van der Waals surface area contributed by atoms with Crippen molar-refractivity contribution < 1.29 is 33.6 Å². The molecule has 204 valence electrons. The number of aliphatic hydroxyl groups is 1. The van der Waals surface area contributed by atoms with E-state index in [0.717, 1.165) is 72.7 Å². The zero-order valence-electron chi connectivity index (χ0n) is 21.9. The molecule has 1 aromatic carbocycles. The van der Waals surface area contributed by atoms with Gasteiger partial charge < -0.3 is 29.4 Å². The zero-order chi connectivity index (χ0) is 26.7. The lowest BCUT2D eigenvalue weighted by molar-refractivity contribution is -0.163. The minimum absolute atomic E-state index is 0.107. The van der Waals surface area contributed by atoms with Gasteiger partial charge in [0.05, 0.1) is 30.3 Å². The minimum atomic E-state index is -1.84. The summed E-state index contributed by atoms with van der Waals surface area (Å²) in [4.78, 5) is 33.7. The number of cyclic esters (lactones) is 1. The molecular formula is C29H31N3O7. The molecule has 10 nitrogen and oxygen atoms in total. The van der Waals surface area contributed by atoms with Crippen molar-refractivity contribution in [2.75, 3.05) is 52.8 Å². The van der Waals surface area contributed by atoms with Crippen LogP contribution in [0.15, 0.2) is 29.4 Å². The predicted octanol–water partition coefficient (Wildman–Crippen LogP) is 1.52. The van der Waals surface area contributed by atoms with Crippen LogP contribution >= 0.6 is 0 Å². The lowest BCUT2D eigenvalue weighted by Crippen LogP contribution is -2.48. The van der Waals surface area contributed by atoms with Gasteiger partial charge in [0, 0.05) is 55.3 Å². The summed E-state index contributed by atoms with van der Waals surface area (Å²) in [6.45, 7) is 7.51. The monoisotopic (exact) mass is 533 g/mol. The van der Waals surface area contributed by atoms with E-state index in [4.69, 9.17) is 23.9 Å². The number of morpholine rings is 1. The maximum absolute atomic E-state index is 13.7. The molecule has 1 saturated heterocycles. The fourth-order valence-corrected chi connectivity index (χ4v) is 6.38. The molecule has 2 aliphatic carbocycles. The highest BCUT2D eigenvalue weighted by Gasteiger charge is 2.50. The van der Waals surface area contributed by atoms with Crippen LogP contribution in [0.3, 0.4) is 0 Å². The molecule has 7 rings (SSSR count). The summed E-state index contributed by atoms with van der Waals surface area (Å²) < 4.78 is 22.0. The van der Waals surface area contributed by atoms with E-state index in [1.165, 1.54) is 0 Å². The van der Waals surface area contributed by atoms with Gasteiger partial charge in [0.2, 0.25) is 6.79 Å². The first kappa shape index (κ1) is 24.7. The van der Waals surface area contributed by atoms with Gasteiger partial charge in [0.25, 0.3) is 0 Å². The van der Waals surface area contributed by atoms with Gasteiger partial charge in [-0.25, -0.2) is 9.78 Å². The van der Waals surface area contributed by atoms with Crippen LogP contribution in [-0.2, 0) is 32.0 Å². The van der Waals surface area contributed by atoms with Crippen LogP contribution in [0, 0.1) is 5.92 Å². The second-order valence-electron chi connectivity index (χ2n) is 10.7.